The zero-order chi connectivity index (χ0) is 15.0. The first kappa shape index (κ1) is 14.2. The lowest BCUT2D eigenvalue weighted by Gasteiger charge is -2.24. The molecular weight excluding hydrogens is 284 g/mol. The molecule has 1 unspecified atom stereocenters. The van der Waals surface area contributed by atoms with Crippen molar-refractivity contribution in [2.24, 2.45) is 0 Å². The maximum absolute atomic E-state index is 12.8. The van der Waals surface area contributed by atoms with Gasteiger partial charge in [-0.25, -0.2) is 0 Å². The molecule has 21 heavy (non-hydrogen) atoms. The fraction of sp³-hybridized carbons (Fsp3) is 0.375. The van der Waals surface area contributed by atoms with Crippen molar-refractivity contribution in [2.75, 3.05) is 12.3 Å². The summed E-state index contributed by atoms with van der Waals surface area (Å²) >= 11 is 1.80. The third kappa shape index (κ3) is 2.58. The molecule has 5 heteroatoms. The molecule has 1 saturated heterocycles. The standard InChI is InChI=1S/C16H18N2O2S/c1-10-4-6-13(7-5-10)16-18(8-9-21-16)15(19)14-11(2)17-20-12(14)3/h4-7,16H,8-9H2,1-3H3. The first-order valence-corrected chi connectivity index (χ1v) is 8.05. The van der Waals surface area contributed by atoms with Crippen LogP contribution in [0.15, 0.2) is 28.8 Å². The number of carbonyl (C=O) groups excluding carboxylic acids is 1. The molecule has 0 saturated carbocycles. The van der Waals surface area contributed by atoms with E-state index in [0.717, 1.165) is 12.3 Å². The van der Waals surface area contributed by atoms with E-state index in [4.69, 9.17) is 4.52 Å². The number of benzene rings is 1. The Bertz CT molecular complexity index is 644. The molecule has 2 aromatic rings. The predicted molar refractivity (Wildman–Crippen MR) is 83.4 cm³/mol. The van der Waals surface area contributed by atoms with Gasteiger partial charge in [0.1, 0.15) is 16.7 Å². The Balaban J connectivity index is 1.90. The van der Waals surface area contributed by atoms with Crippen molar-refractivity contribution >= 4 is 17.7 Å². The van der Waals surface area contributed by atoms with Crippen molar-refractivity contribution in [3.8, 4) is 0 Å². The first-order chi connectivity index (χ1) is 10.1. The van der Waals surface area contributed by atoms with E-state index in [9.17, 15) is 4.79 Å². The van der Waals surface area contributed by atoms with Crippen LogP contribution in [0, 0.1) is 20.8 Å². The first-order valence-electron chi connectivity index (χ1n) is 7.00. The minimum atomic E-state index is 0.0156. The van der Waals surface area contributed by atoms with Crippen LogP contribution in [-0.2, 0) is 0 Å². The molecule has 1 aromatic carbocycles. The number of carbonyl (C=O) groups is 1. The Morgan fingerprint density at radius 2 is 2.00 bits per heavy atom. The van der Waals surface area contributed by atoms with E-state index in [-0.39, 0.29) is 11.3 Å². The van der Waals surface area contributed by atoms with Gasteiger partial charge in [-0.15, -0.1) is 11.8 Å². The van der Waals surface area contributed by atoms with Gasteiger partial charge < -0.3 is 9.42 Å². The summed E-state index contributed by atoms with van der Waals surface area (Å²) in [7, 11) is 0. The highest BCUT2D eigenvalue weighted by Crippen LogP contribution is 2.39. The lowest BCUT2D eigenvalue weighted by Crippen LogP contribution is -2.31. The highest BCUT2D eigenvalue weighted by Gasteiger charge is 2.33. The summed E-state index contributed by atoms with van der Waals surface area (Å²) in [6, 6.07) is 8.39. The van der Waals surface area contributed by atoms with Gasteiger partial charge in [-0.3, -0.25) is 4.79 Å². The zero-order valence-corrected chi connectivity index (χ0v) is 13.2. The zero-order valence-electron chi connectivity index (χ0n) is 12.4. The van der Waals surface area contributed by atoms with Crippen LogP contribution in [0.5, 0.6) is 0 Å². The van der Waals surface area contributed by atoms with Crippen LogP contribution < -0.4 is 0 Å². The Kier molecular flexibility index (Phi) is 3.76. The van der Waals surface area contributed by atoms with Crippen molar-refractivity contribution in [2.45, 2.75) is 26.1 Å². The third-order valence-electron chi connectivity index (χ3n) is 3.76. The maximum atomic E-state index is 12.8. The number of aromatic nitrogens is 1. The van der Waals surface area contributed by atoms with Gasteiger partial charge in [0.05, 0.1) is 5.69 Å². The van der Waals surface area contributed by atoms with E-state index in [1.807, 2.05) is 11.8 Å². The molecule has 1 aliphatic heterocycles. The lowest BCUT2D eigenvalue weighted by molar-refractivity contribution is 0.0758. The topological polar surface area (TPSA) is 46.3 Å². The summed E-state index contributed by atoms with van der Waals surface area (Å²) in [5.74, 6) is 1.56. The second-order valence-corrected chi connectivity index (χ2v) is 6.52. The number of aryl methyl sites for hydroxylation is 3. The van der Waals surface area contributed by atoms with Gasteiger partial charge in [0.25, 0.3) is 5.91 Å². The van der Waals surface area contributed by atoms with Gasteiger partial charge in [-0.2, -0.15) is 0 Å². The molecule has 0 aliphatic carbocycles. The summed E-state index contributed by atoms with van der Waals surface area (Å²) in [4.78, 5) is 14.7. The van der Waals surface area contributed by atoms with Crippen molar-refractivity contribution in [1.82, 2.24) is 10.1 Å². The Morgan fingerprint density at radius 1 is 1.29 bits per heavy atom. The average molecular weight is 302 g/mol. The molecule has 1 aromatic heterocycles. The van der Waals surface area contributed by atoms with Crippen molar-refractivity contribution < 1.29 is 9.32 Å². The van der Waals surface area contributed by atoms with Crippen LogP contribution in [0.25, 0.3) is 0 Å². The number of amides is 1. The summed E-state index contributed by atoms with van der Waals surface area (Å²) in [5, 5.41) is 3.96. The summed E-state index contributed by atoms with van der Waals surface area (Å²) in [6.45, 7) is 6.43. The molecular formula is C16H18N2O2S. The van der Waals surface area contributed by atoms with Gasteiger partial charge in [0.15, 0.2) is 0 Å². The number of hydrogen-bond donors (Lipinski definition) is 0. The molecule has 1 aliphatic rings. The van der Waals surface area contributed by atoms with Crippen LogP contribution >= 0.6 is 11.8 Å². The number of thioether (sulfide) groups is 1. The molecule has 1 atom stereocenters. The SMILES string of the molecule is Cc1ccc(C2SCCN2C(=O)c2c(C)noc2C)cc1. The van der Waals surface area contributed by atoms with Crippen LogP contribution in [0.1, 0.15) is 38.3 Å². The van der Waals surface area contributed by atoms with Gasteiger partial charge in [0.2, 0.25) is 0 Å². The molecule has 1 amide bonds. The van der Waals surface area contributed by atoms with E-state index < -0.39 is 0 Å². The lowest BCUT2D eigenvalue weighted by atomic mass is 10.1. The highest BCUT2D eigenvalue weighted by atomic mass is 32.2. The van der Waals surface area contributed by atoms with Crippen molar-refractivity contribution in [3.05, 3.63) is 52.4 Å². The summed E-state index contributed by atoms with van der Waals surface area (Å²) in [6.07, 6.45) is 0. The quantitative estimate of drug-likeness (QED) is 0.852. The highest BCUT2D eigenvalue weighted by molar-refractivity contribution is 7.99. The Hall–Kier alpha value is -1.75. The van der Waals surface area contributed by atoms with Gasteiger partial charge in [-0.05, 0) is 26.3 Å². The molecule has 4 nitrogen and oxygen atoms in total. The van der Waals surface area contributed by atoms with E-state index in [2.05, 4.69) is 36.3 Å². The molecule has 0 spiro atoms. The monoisotopic (exact) mass is 302 g/mol. The van der Waals surface area contributed by atoms with E-state index >= 15 is 0 Å². The van der Waals surface area contributed by atoms with E-state index in [1.165, 1.54) is 11.1 Å². The summed E-state index contributed by atoms with van der Waals surface area (Å²) in [5.41, 5.74) is 3.67. The van der Waals surface area contributed by atoms with Gasteiger partial charge in [0, 0.05) is 12.3 Å². The largest absolute Gasteiger partial charge is 0.361 e. The molecule has 1 fully saturated rings. The normalized spacial score (nSPS) is 18.2. The molecule has 0 radical (unpaired) electrons. The number of nitrogens with zero attached hydrogens (tertiary/aromatic N) is 2. The number of rotatable bonds is 2. The Morgan fingerprint density at radius 3 is 2.62 bits per heavy atom. The minimum Gasteiger partial charge on any atom is -0.361 e. The van der Waals surface area contributed by atoms with Crippen LogP contribution in [-0.4, -0.2) is 28.3 Å². The van der Waals surface area contributed by atoms with Gasteiger partial charge in [-0.1, -0.05) is 35.0 Å². The predicted octanol–water partition coefficient (Wildman–Crippen LogP) is 3.49. The van der Waals surface area contributed by atoms with Crippen LogP contribution in [0.4, 0.5) is 0 Å². The van der Waals surface area contributed by atoms with E-state index in [1.54, 1.807) is 18.7 Å². The minimum absolute atomic E-state index is 0.0156. The summed E-state index contributed by atoms with van der Waals surface area (Å²) < 4.78 is 5.13. The second-order valence-electron chi connectivity index (χ2n) is 5.33. The van der Waals surface area contributed by atoms with E-state index in [0.29, 0.717) is 17.0 Å². The van der Waals surface area contributed by atoms with Crippen LogP contribution in [0.3, 0.4) is 0 Å². The van der Waals surface area contributed by atoms with Gasteiger partial charge >= 0.3 is 0 Å². The fourth-order valence-electron chi connectivity index (χ4n) is 2.62. The molecule has 110 valence electrons. The molecule has 0 N–H and O–H groups in total. The van der Waals surface area contributed by atoms with Crippen molar-refractivity contribution in [1.29, 1.82) is 0 Å². The van der Waals surface area contributed by atoms with Crippen LogP contribution in [0.2, 0.25) is 0 Å². The number of hydrogen-bond acceptors (Lipinski definition) is 4. The third-order valence-corrected chi connectivity index (χ3v) is 5.02. The fourth-order valence-corrected chi connectivity index (χ4v) is 3.87. The molecule has 2 heterocycles. The maximum Gasteiger partial charge on any atom is 0.260 e. The smallest absolute Gasteiger partial charge is 0.260 e. The van der Waals surface area contributed by atoms with Crippen molar-refractivity contribution in [3.63, 3.8) is 0 Å². The average Bonchev–Trinajstić information content (AvgIpc) is 3.07. The molecule has 3 rings (SSSR count). The molecule has 0 bridgehead atoms. The Labute approximate surface area is 128 Å². The second kappa shape index (κ2) is 5.56.